The lowest BCUT2D eigenvalue weighted by atomic mass is 9.94. The molecule has 0 amide bonds. The zero-order valence-corrected chi connectivity index (χ0v) is 8.97. The molecule has 1 fully saturated rings. The highest BCUT2D eigenvalue weighted by Gasteiger charge is 2.18. The van der Waals surface area contributed by atoms with Crippen LogP contribution in [-0.4, -0.2) is 24.8 Å². The van der Waals surface area contributed by atoms with Crippen LogP contribution in [0.25, 0.3) is 0 Å². The molecule has 0 aliphatic heterocycles. The van der Waals surface area contributed by atoms with Crippen molar-refractivity contribution in [3.05, 3.63) is 0 Å². The fourth-order valence-corrected chi connectivity index (χ4v) is 1.89. The van der Waals surface area contributed by atoms with Gasteiger partial charge in [-0.1, -0.05) is 26.7 Å². The molecule has 0 radical (unpaired) electrons. The molecule has 0 aromatic heterocycles. The van der Waals surface area contributed by atoms with Gasteiger partial charge < -0.3 is 10.4 Å². The third-order valence-electron chi connectivity index (χ3n) is 2.94. The Balaban J connectivity index is 2.06. The largest absolute Gasteiger partial charge is 0.396 e. The van der Waals surface area contributed by atoms with Crippen molar-refractivity contribution < 1.29 is 5.11 Å². The van der Waals surface area contributed by atoms with Gasteiger partial charge in [-0.2, -0.15) is 0 Å². The Kier molecular flexibility index (Phi) is 4.20. The van der Waals surface area contributed by atoms with Crippen molar-refractivity contribution in [3.63, 3.8) is 0 Å². The van der Waals surface area contributed by atoms with Crippen LogP contribution in [0.4, 0.5) is 0 Å². The third kappa shape index (κ3) is 4.10. The molecule has 1 aliphatic rings. The number of aliphatic hydroxyl groups excluding tert-OH is 1. The van der Waals surface area contributed by atoms with E-state index in [0.717, 1.165) is 19.0 Å². The van der Waals surface area contributed by atoms with Crippen LogP contribution >= 0.6 is 0 Å². The fraction of sp³-hybridized carbons (Fsp3) is 1.00. The minimum absolute atomic E-state index is 0.0403. The molecule has 0 saturated heterocycles. The van der Waals surface area contributed by atoms with Crippen molar-refractivity contribution in [2.24, 2.45) is 11.3 Å². The number of nitrogens with one attached hydrogen (secondary N) is 1. The molecule has 0 aromatic rings. The van der Waals surface area contributed by atoms with Crippen LogP contribution in [0.5, 0.6) is 0 Å². The predicted molar refractivity (Wildman–Crippen MR) is 55.7 cm³/mol. The van der Waals surface area contributed by atoms with Crippen LogP contribution in [0.1, 0.15) is 39.5 Å². The summed E-state index contributed by atoms with van der Waals surface area (Å²) in [7, 11) is 0. The van der Waals surface area contributed by atoms with Crippen LogP contribution in [-0.2, 0) is 0 Å². The van der Waals surface area contributed by atoms with Gasteiger partial charge in [-0.05, 0) is 25.3 Å². The minimum Gasteiger partial charge on any atom is -0.396 e. The van der Waals surface area contributed by atoms with Gasteiger partial charge in [0.1, 0.15) is 0 Å². The Hall–Kier alpha value is -0.0800. The summed E-state index contributed by atoms with van der Waals surface area (Å²) in [5.74, 6) is 0.898. The second-order valence-corrected chi connectivity index (χ2v) is 5.10. The molecule has 0 unspecified atom stereocenters. The minimum atomic E-state index is 0.0403. The van der Waals surface area contributed by atoms with Crippen molar-refractivity contribution in [3.8, 4) is 0 Å². The first-order valence-corrected chi connectivity index (χ1v) is 5.46. The average molecular weight is 185 g/mol. The molecule has 13 heavy (non-hydrogen) atoms. The molecule has 1 saturated carbocycles. The number of hydrogen-bond acceptors (Lipinski definition) is 2. The molecule has 0 spiro atoms. The van der Waals surface area contributed by atoms with E-state index in [0.29, 0.717) is 0 Å². The molecule has 2 N–H and O–H groups in total. The van der Waals surface area contributed by atoms with Crippen molar-refractivity contribution in [2.75, 3.05) is 19.7 Å². The van der Waals surface area contributed by atoms with Gasteiger partial charge in [-0.25, -0.2) is 0 Å². The molecular weight excluding hydrogens is 162 g/mol. The Morgan fingerprint density at radius 1 is 1.31 bits per heavy atom. The highest BCUT2D eigenvalue weighted by Crippen LogP contribution is 2.24. The van der Waals surface area contributed by atoms with E-state index in [1.807, 2.05) is 0 Å². The number of rotatable bonds is 5. The number of aliphatic hydroxyl groups is 1. The van der Waals surface area contributed by atoms with E-state index in [1.54, 1.807) is 0 Å². The van der Waals surface area contributed by atoms with Gasteiger partial charge >= 0.3 is 0 Å². The van der Waals surface area contributed by atoms with Crippen molar-refractivity contribution in [2.45, 2.75) is 39.5 Å². The first kappa shape index (κ1) is 11.0. The Bertz CT molecular complexity index is 139. The normalized spacial score (nSPS) is 19.6. The van der Waals surface area contributed by atoms with E-state index in [4.69, 9.17) is 5.11 Å². The van der Waals surface area contributed by atoms with Gasteiger partial charge in [0.2, 0.25) is 0 Å². The maximum absolute atomic E-state index is 9.05. The Morgan fingerprint density at radius 2 is 1.92 bits per heavy atom. The first-order valence-electron chi connectivity index (χ1n) is 5.46. The summed E-state index contributed by atoms with van der Waals surface area (Å²) < 4.78 is 0. The molecule has 0 aromatic carbocycles. The molecular formula is C11H23NO. The van der Waals surface area contributed by atoms with E-state index in [2.05, 4.69) is 19.2 Å². The second-order valence-electron chi connectivity index (χ2n) is 5.10. The highest BCUT2D eigenvalue weighted by atomic mass is 16.3. The molecule has 0 heterocycles. The fourth-order valence-electron chi connectivity index (χ4n) is 1.89. The average Bonchev–Trinajstić information content (AvgIpc) is 2.57. The first-order chi connectivity index (χ1) is 6.14. The Morgan fingerprint density at radius 3 is 2.46 bits per heavy atom. The van der Waals surface area contributed by atoms with Crippen molar-refractivity contribution in [1.82, 2.24) is 5.32 Å². The van der Waals surface area contributed by atoms with Crippen LogP contribution in [0.3, 0.4) is 0 Å². The summed E-state index contributed by atoms with van der Waals surface area (Å²) >= 11 is 0. The lowest BCUT2D eigenvalue weighted by Gasteiger charge is -2.23. The van der Waals surface area contributed by atoms with Gasteiger partial charge in [-0.3, -0.25) is 0 Å². The summed E-state index contributed by atoms with van der Waals surface area (Å²) in [6.45, 7) is 6.53. The van der Waals surface area contributed by atoms with Crippen LogP contribution in [0.15, 0.2) is 0 Å². The summed E-state index contributed by atoms with van der Waals surface area (Å²) in [6, 6.07) is 0. The summed E-state index contributed by atoms with van der Waals surface area (Å²) in [5.41, 5.74) is 0.0403. The maximum atomic E-state index is 9.05. The van der Waals surface area contributed by atoms with E-state index in [1.165, 1.54) is 25.7 Å². The summed E-state index contributed by atoms with van der Waals surface area (Å²) in [5, 5.41) is 12.5. The molecule has 2 nitrogen and oxygen atoms in total. The summed E-state index contributed by atoms with van der Waals surface area (Å²) in [6.07, 6.45) is 5.62. The zero-order valence-electron chi connectivity index (χ0n) is 8.97. The van der Waals surface area contributed by atoms with Crippen molar-refractivity contribution in [1.29, 1.82) is 0 Å². The van der Waals surface area contributed by atoms with Gasteiger partial charge in [0.05, 0.1) is 0 Å². The van der Waals surface area contributed by atoms with Crippen LogP contribution in [0, 0.1) is 11.3 Å². The van der Waals surface area contributed by atoms with E-state index in [9.17, 15) is 0 Å². The van der Waals surface area contributed by atoms with Crippen LogP contribution in [0.2, 0.25) is 0 Å². The molecule has 1 rings (SSSR count). The quantitative estimate of drug-likeness (QED) is 0.684. The zero-order chi connectivity index (χ0) is 9.73. The second kappa shape index (κ2) is 4.97. The standard InChI is InChI=1S/C11H23NO/c1-11(2,9-13)8-12-7-10-5-3-4-6-10/h10,12-13H,3-9H2,1-2H3. The maximum Gasteiger partial charge on any atom is 0.0494 e. The lowest BCUT2D eigenvalue weighted by Crippen LogP contribution is -2.34. The lowest BCUT2D eigenvalue weighted by molar-refractivity contribution is 0.155. The van der Waals surface area contributed by atoms with Crippen LogP contribution < -0.4 is 5.32 Å². The molecule has 78 valence electrons. The topological polar surface area (TPSA) is 32.3 Å². The highest BCUT2D eigenvalue weighted by molar-refractivity contribution is 4.74. The van der Waals surface area contributed by atoms with Gasteiger partial charge in [-0.15, -0.1) is 0 Å². The third-order valence-corrected chi connectivity index (χ3v) is 2.94. The van der Waals surface area contributed by atoms with Crippen molar-refractivity contribution >= 4 is 0 Å². The van der Waals surface area contributed by atoms with Gasteiger partial charge in [0.15, 0.2) is 0 Å². The molecule has 0 atom stereocenters. The predicted octanol–water partition coefficient (Wildman–Crippen LogP) is 1.78. The summed E-state index contributed by atoms with van der Waals surface area (Å²) in [4.78, 5) is 0. The van der Waals surface area contributed by atoms with Gasteiger partial charge in [0.25, 0.3) is 0 Å². The molecule has 2 heteroatoms. The molecule has 1 aliphatic carbocycles. The van der Waals surface area contributed by atoms with E-state index in [-0.39, 0.29) is 12.0 Å². The smallest absolute Gasteiger partial charge is 0.0494 e. The Labute approximate surface area is 81.7 Å². The molecule has 0 bridgehead atoms. The van der Waals surface area contributed by atoms with Gasteiger partial charge in [0, 0.05) is 18.6 Å². The number of hydrogen-bond donors (Lipinski definition) is 2. The van der Waals surface area contributed by atoms with E-state index < -0.39 is 0 Å². The SMILES string of the molecule is CC(C)(CO)CNCC1CCCC1. The monoisotopic (exact) mass is 185 g/mol. The van der Waals surface area contributed by atoms with E-state index >= 15 is 0 Å².